The number of rotatable bonds is 7. The first kappa shape index (κ1) is 28.4. The maximum atomic E-state index is 13.8. The predicted octanol–water partition coefficient (Wildman–Crippen LogP) is 4.16. The zero-order chi connectivity index (χ0) is 29.4. The fraction of sp³-hybridized carbons (Fsp3) is 0.296. The molecule has 1 aromatic heterocycles. The number of hydrazine groups is 1. The summed E-state index contributed by atoms with van der Waals surface area (Å²) < 4.78 is 60.4. The number of aryl methyl sites for hydroxylation is 1. The zero-order valence-corrected chi connectivity index (χ0v) is 21.9. The van der Waals surface area contributed by atoms with E-state index in [-0.39, 0.29) is 13.0 Å². The highest BCUT2D eigenvalue weighted by molar-refractivity contribution is 6.03. The summed E-state index contributed by atoms with van der Waals surface area (Å²) >= 11 is 0. The largest absolute Gasteiger partial charge is 0.496 e. The van der Waals surface area contributed by atoms with Crippen molar-refractivity contribution in [2.75, 3.05) is 14.2 Å². The zero-order valence-electron chi connectivity index (χ0n) is 21.9. The minimum Gasteiger partial charge on any atom is -0.496 e. The van der Waals surface area contributed by atoms with E-state index in [0.717, 1.165) is 17.6 Å². The maximum absolute atomic E-state index is 13.8. The fourth-order valence-electron chi connectivity index (χ4n) is 4.81. The van der Waals surface area contributed by atoms with Gasteiger partial charge in [-0.25, -0.2) is 15.4 Å². The van der Waals surface area contributed by atoms with E-state index >= 15 is 0 Å². The fourth-order valence-corrected chi connectivity index (χ4v) is 4.81. The van der Waals surface area contributed by atoms with Crippen LogP contribution in [0.2, 0.25) is 0 Å². The Morgan fingerprint density at radius 1 is 1.25 bits per heavy atom. The van der Waals surface area contributed by atoms with Crippen molar-refractivity contribution in [2.24, 2.45) is 16.7 Å². The van der Waals surface area contributed by atoms with Gasteiger partial charge < -0.3 is 20.4 Å². The topological polar surface area (TPSA) is 135 Å². The number of fused-ring (bicyclic) bond motifs is 3. The Kier molecular flexibility index (Phi) is 7.49. The van der Waals surface area contributed by atoms with Gasteiger partial charge in [-0.1, -0.05) is 12.1 Å². The number of nitrogens with one attached hydrogen (secondary N) is 1. The van der Waals surface area contributed by atoms with E-state index in [1.807, 2.05) is 0 Å². The van der Waals surface area contributed by atoms with Crippen LogP contribution in [0.15, 0.2) is 47.6 Å². The molecule has 212 valence electrons. The van der Waals surface area contributed by atoms with Gasteiger partial charge in [-0.3, -0.25) is 4.79 Å². The number of carbonyl (C=O) groups excluding carboxylic acids is 1. The summed E-state index contributed by atoms with van der Waals surface area (Å²) in [5, 5.41) is 16.8. The van der Waals surface area contributed by atoms with Gasteiger partial charge in [0.25, 0.3) is 5.91 Å². The van der Waals surface area contributed by atoms with Crippen LogP contribution in [0.1, 0.15) is 36.4 Å². The van der Waals surface area contributed by atoms with Crippen LogP contribution in [0.4, 0.5) is 17.6 Å². The summed E-state index contributed by atoms with van der Waals surface area (Å²) in [7, 11) is 2.98. The van der Waals surface area contributed by atoms with Crippen LogP contribution in [0.5, 0.6) is 5.75 Å². The van der Waals surface area contributed by atoms with Gasteiger partial charge >= 0.3 is 6.18 Å². The third kappa shape index (κ3) is 5.72. The maximum Gasteiger partial charge on any atom is 0.392 e. The molecule has 3 aromatic rings. The number of nitrogens with zero attached hydrogens (tertiary/aromatic N) is 4. The SMILES string of the molecule is COc1cc2c(cc1/C(N)=N/N(C)N)-c1c(-c3ccc(F)cc3)cc(C(=O)N[C@](C)(C#N)CC(F)(F)F)n1CC2.[HH]. The molecule has 13 heteroatoms. The van der Waals surface area contributed by atoms with Crippen molar-refractivity contribution in [3.05, 3.63) is 65.1 Å². The lowest BCUT2D eigenvalue weighted by Crippen LogP contribution is -2.48. The summed E-state index contributed by atoms with van der Waals surface area (Å²) in [6.07, 6.45) is -5.76. The Morgan fingerprint density at radius 3 is 2.50 bits per heavy atom. The molecule has 1 aliphatic heterocycles. The number of alkyl halides is 3. The van der Waals surface area contributed by atoms with E-state index < -0.39 is 29.9 Å². The predicted molar refractivity (Wildman–Crippen MR) is 142 cm³/mol. The van der Waals surface area contributed by atoms with E-state index in [2.05, 4.69) is 10.4 Å². The third-order valence-electron chi connectivity index (χ3n) is 6.50. The monoisotopic (exact) mass is 559 g/mol. The van der Waals surface area contributed by atoms with Crippen molar-refractivity contribution in [1.29, 1.82) is 5.26 Å². The molecular weight excluding hydrogens is 530 g/mol. The number of hydrogen-bond donors (Lipinski definition) is 3. The van der Waals surface area contributed by atoms with Crippen molar-refractivity contribution in [3.8, 4) is 34.2 Å². The summed E-state index contributed by atoms with van der Waals surface area (Å²) in [5.74, 6) is 4.82. The normalized spacial score (nSPS) is 14.4. The molecule has 1 atom stereocenters. The van der Waals surface area contributed by atoms with E-state index in [9.17, 15) is 27.6 Å². The van der Waals surface area contributed by atoms with E-state index in [0.29, 0.717) is 46.7 Å². The number of nitriles is 1. The van der Waals surface area contributed by atoms with E-state index in [1.54, 1.807) is 22.8 Å². The van der Waals surface area contributed by atoms with E-state index in [4.69, 9.17) is 16.3 Å². The first-order valence-corrected chi connectivity index (χ1v) is 12.1. The molecule has 0 unspecified atom stereocenters. The number of amides is 1. The van der Waals surface area contributed by atoms with Gasteiger partial charge in [0.2, 0.25) is 0 Å². The number of hydrogen-bond acceptors (Lipinski definition) is 6. The van der Waals surface area contributed by atoms with Crippen molar-refractivity contribution >= 4 is 11.7 Å². The molecule has 5 N–H and O–H groups in total. The summed E-state index contributed by atoms with van der Waals surface area (Å²) in [6.45, 7) is 1.32. The second-order valence-corrected chi connectivity index (χ2v) is 9.66. The third-order valence-corrected chi connectivity index (χ3v) is 6.50. The molecule has 1 aliphatic rings. The molecule has 1 amide bonds. The molecule has 0 fully saturated rings. The minimum atomic E-state index is -4.68. The minimum absolute atomic E-state index is 0. The Bertz CT molecular complexity index is 1530. The lowest BCUT2D eigenvalue weighted by atomic mass is 9.91. The van der Waals surface area contributed by atoms with Gasteiger partial charge in [-0.15, -0.1) is 5.10 Å². The molecular formula is C27H29F4N7O2. The van der Waals surface area contributed by atoms with Gasteiger partial charge in [-0.05, 0) is 54.8 Å². The molecule has 0 bridgehead atoms. The molecule has 9 nitrogen and oxygen atoms in total. The molecule has 0 radical (unpaired) electrons. The van der Waals surface area contributed by atoms with Gasteiger partial charge in [0, 0.05) is 26.1 Å². The first-order valence-electron chi connectivity index (χ1n) is 12.1. The average Bonchev–Trinajstić information content (AvgIpc) is 3.27. The highest BCUT2D eigenvalue weighted by Crippen LogP contribution is 2.42. The number of ether oxygens (including phenoxy) is 1. The standard InChI is InChI=1S/C27H27F4N7O2.H2/c1-26(14-32,13-27(29,30)31)35-25(39)21-12-19(15-4-6-17(28)7-5-15)23-18-11-20(24(33)36-37(2)34)22(40-3)10-16(18)8-9-38(21)23;/h4-7,10-12H,8-9,13,34H2,1-3H3,(H2,33,36)(H,35,39);1H/t26-;/m0./s1. The summed E-state index contributed by atoms with van der Waals surface area (Å²) in [6, 6.07) is 12.2. The second-order valence-electron chi connectivity index (χ2n) is 9.66. The quantitative estimate of drug-likeness (QED) is 0.131. The number of hydrazone groups is 1. The highest BCUT2D eigenvalue weighted by atomic mass is 19.4. The lowest BCUT2D eigenvalue weighted by molar-refractivity contribution is -0.143. The second kappa shape index (κ2) is 10.5. The lowest BCUT2D eigenvalue weighted by Gasteiger charge is -2.26. The Balaban J connectivity index is 0.00000462. The Morgan fingerprint density at radius 2 is 1.93 bits per heavy atom. The van der Waals surface area contributed by atoms with Crippen molar-refractivity contribution in [3.63, 3.8) is 0 Å². The number of aromatic nitrogens is 1. The summed E-state index contributed by atoms with van der Waals surface area (Å²) in [4.78, 5) is 13.4. The van der Waals surface area contributed by atoms with Crippen LogP contribution in [0.25, 0.3) is 22.4 Å². The Labute approximate surface area is 229 Å². The smallest absolute Gasteiger partial charge is 0.392 e. The van der Waals surface area contributed by atoms with Crippen LogP contribution in [-0.2, 0) is 13.0 Å². The Hall–Kier alpha value is -4.57. The number of nitrogens with two attached hydrogens (primary N) is 2. The molecule has 0 spiro atoms. The van der Waals surface area contributed by atoms with Crippen molar-refractivity contribution in [1.82, 2.24) is 15.0 Å². The number of carbonyl (C=O) groups is 1. The highest BCUT2D eigenvalue weighted by Gasteiger charge is 2.41. The number of benzene rings is 2. The van der Waals surface area contributed by atoms with Gasteiger partial charge in [-0.2, -0.15) is 18.4 Å². The first-order chi connectivity index (χ1) is 18.7. The molecule has 0 saturated heterocycles. The molecule has 2 heterocycles. The molecule has 4 rings (SSSR count). The average molecular weight is 560 g/mol. The van der Waals surface area contributed by atoms with Gasteiger partial charge in [0.05, 0.1) is 30.9 Å². The molecule has 0 saturated carbocycles. The van der Waals surface area contributed by atoms with Crippen LogP contribution in [0, 0.1) is 17.1 Å². The number of amidine groups is 1. The van der Waals surface area contributed by atoms with Crippen LogP contribution >= 0.6 is 0 Å². The van der Waals surface area contributed by atoms with E-state index in [1.165, 1.54) is 44.5 Å². The number of halogens is 4. The molecule has 40 heavy (non-hydrogen) atoms. The molecule has 0 aliphatic carbocycles. The van der Waals surface area contributed by atoms with Gasteiger partial charge in [0.1, 0.15) is 22.8 Å². The van der Waals surface area contributed by atoms with Gasteiger partial charge in [0.15, 0.2) is 5.84 Å². The molecule has 2 aromatic carbocycles. The van der Waals surface area contributed by atoms with Crippen LogP contribution in [-0.4, -0.2) is 47.3 Å². The van der Waals surface area contributed by atoms with Crippen LogP contribution in [0.3, 0.4) is 0 Å². The van der Waals surface area contributed by atoms with Crippen molar-refractivity contribution in [2.45, 2.75) is 38.0 Å². The summed E-state index contributed by atoms with van der Waals surface area (Å²) in [5.41, 5.74) is 7.65. The van der Waals surface area contributed by atoms with Crippen LogP contribution < -0.4 is 21.6 Å². The van der Waals surface area contributed by atoms with Crippen molar-refractivity contribution < 1.29 is 28.5 Å². The number of methoxy groups -OCH3 is 1.